The van der Waals surface area contributed by atoms with Crippen molar-refractivity contribution in [2.75, 3.05) is 18.9 Å². The summed E-state index contributed by atoms with van der Waals surface area (Å²) >= 11 is 1.92. The van der Waals surface area contributed by atoms with E-state index in [1.54, 1.807) is 0 Å². The van der Waals surface area contributed by atoms with Gasteiger partial charge in [-0.3, -0.25) is 0 Å². The molecule has 0 atom stereocenters. The fourth-order valence-corrected chi connectivity index (χ4v) is 2.80. The van der Waals surface area contributed by atoms with Crippen molar-refractivity contribution in [3.8, 4) is 0 Å². The fourth-order valence-electron chi connectivity index (χ4n) is 1.75. The Balaban J connectivity index is 2.09. The van der Waals surface area contributed by atoms with Crippen molar-refractivity contribution in [1.82, 2.24) is 0 Å². The van der Waals surface area contributed by atoms with E-state index in [0.717, 1.165) is 23.5 Å². The molecule has 0 heterocycles. The van der Waals surface area contributed by atoms with Crippen molar-refractivity contribution in [2.45, 2.75) is 30.9 Å². The van der Waals surface area contributed by atoms with E-state index in [1.165, 1.54) is 25.7 Å². The van der Waals surface area contributed by atoms with Crippen LogP contribution in [0.5, 0.6) is 0 Å². The third-order valence-electron chi connectivity index (χ3n) is 2.57. The Kier molecular flexibility index (Phi) is 5.04. The molecule has 0 aromatic rings. The van der Waals surface area contributed by atoms with Gasteiger partial charge in [-0.2, -0.15) is 11.8 Å². The highest BCUT2D eigenvalue weighted by Crippen LogP contribution is 2.30. The zero-order valence-corrected chi connectivity index (χ0v) is 8.35. The molecule has 0 aromatic heterocycles. The monoisotopic (exact) mass is 189 g/mol. The molecule has 1 aliphatic carbocycles. The molecule has 0 unspecified atom stereocenters. The van der Waals surface area contributed by atoms with Crippen molar-refractivity contribution in [3.63, 3.8) is 0 Å². The van der Waals surface area contributed by atoms with E-state index in [2.05, 4.69) is 0 Å². The second-order valence-electron chi connectivity index (χ2n) is 3.47. The first-order valence-electron chi connectivity index (χ1n) is 4.79. The van der Waals surface area contributed by atoms with Crippen LogP contribution in [0.3, 0.4) is 0 Å². The van der Waals surface area contributed by atoms with Crippen molar-refractivity contribution >= 4 is 11.8 Å². The minimum Gasteiger partial charge on any atom is -0.396 e. The number of aliphatic hydroxyl groups excluding tert-OH is 1. The second-order valence-corrected chi connectivity index (χ2v) is 4.88. The van der Waals surface area contributed by atoms with E-state index >= 15 is 0 Å². The topological polar surface area (TPSA) is 46.2 Å². The summed E-state index contributed by atoms with van der Waals surface area (Å²) in [6.45, 7) is 1.18. The number of thioether (sulfide) groups is 1. The predicted molar refractivity (Wildman–Crippen MR) is 54.3 cm³/mol. The molecule has 0 aliphatic heterocycles. The van der Waals surface area contributed by atoms with Gasteiger partial charge < -0.3 is 10.8 Å². The van der Waals surface area contributed by atoms with Gasteiger partial charge in [0.1, 0.15) is 0 Å². The molecule has 2 nitrogen and oxygen atoms in total. The molecule has 0 aromatic carbocycles. The lowest BCUT2D eigenvalue weighted by atomic mass is 9.89. The highest BCUT2D eigenvalue weighted by Gasteiger charge is 2.19. The standard InChI is InChI=1S/C9H19NOS/c10-7-8-1-3-9(4-2-8)12-6-5-11/h8-9,11H,1-7,10H2. The van der Waals surface area contributed by atoms with Crippen LogP contribution in [-0.2, 0) is 0 Å². The number of aliphatic hydroxyl groups is 1. The number of rotatable bonds is 4. The molecule has 3 N–H and O–H groups in total. The maximum atomic E-state index is 8.65. The second kappa shape index (κ2) is 5.84. The lowest BCUT2D eigenvalue weighted by Crippen LogP contribution is -2.22. The minimum absolute atomic E-state index is 0.321. The van der Waals surface area contributed by atoms with Crippen molar-refractivity contribution < 1.29 is 5.11 Å². The van der Waals surface area contributed by atoms with Gasteiger partial charge in [-0.25, -0.2) is 0 Å². The zero-order valence-electron chi connectivity index (χ0n) is 7.54. The average molecular weight is 189 g/mol. The van der Waals surface area contributed by atoms with Crippen LogP contribution in [0.15, 0.2) is 0 Å². The molecule has 0 saturated heterocycles. The smallest absolute Gasteiger partial charge is 0.0521 e. The molecule has 3 heteroatoms. The Hall–Kier alpha value is 0.270. The van der Waals surface area contributed by atoms with Crippen LogP contribution in [0.4, 0.5) is 0 Å². The molecule has 0 radical (unpaired) electrons. The molecular weight excluding hydrogens is 170 g/mol. The number of hydrogen-bond donors (Lipinski definition) is 2. The van der Waals surface area contributed by atoms with E-state index in [-0.39, 0.29) is 0 Å². The molecule has 1 saturated carbocycles. The third kappa shape index (κ3) is 3.33. The van der Waals surface area contributed by atoms with Crippen LogP contribution in [0.2, 0.25) is 0 Å². The van der Waals surface area contributed by atoms with Gasteiger partial charge in [-0.05, 0) is 38.1 Å². The zero-order chi connectivity index (χ0) is 8.81. The lowest BCUT2D eigenvalue weighted by Gasteiger charge is -2.26. The summed E-state index contributed by atoms with van der Waals surface area (Å²) in [5, 5.41) is 9.45. The summed E-state index contributed by atoms with van der Waals surface area (Å²) in [5.74, 6) is 1.67. The van der Waals surface area contributed by atoms with Gasteiger partial charge in [0.25, 0.3) is 0 Å². The first kappa shape index (κ1) is 10.4. The van der Waals surface area contributed by atoms with Gasteiger partial charge in [-0.1, -0.05) is 0 Å². The van der Waals surface area contributed by atoms with Gasteiger partial charge >= 0.3 is 0 Å². The van der Waals surface area contributed by atoms with E-state index in [9.17, 15) is 0 Å². The summed E-state index contributed by atoms with van der Waals surface area (Å²) in [6.07, 6.45) is 5.18. The van der Waals surface area contributed by atoms with Crippen LogP contribution in [0, 0.1) is 5.92 Å². The van der Waals surface area contributed by atoms with E-state index in [1.807, 2.05) is 11.8 Å². The first-order chi connectivity index (χ1) is 5.86. The molecule has 0 amide bonds. The summed E-state index contributed by atoms with van der Waals surface area (Å²) in [7, 11) is 0. The van der Waals surface area contributed by atoms with Gasteiger partial charge in [0.15, 0.2) is 0 Å². The molecule has 12 heavy (non-hydrogen) atoms. The molecule has 1 rings (SSSR count). The molecule has 0 spiro atoms. The van der Waals surface area contributed by atoms with Gasteiger partial charge in [0.2, 0.25) is 0 Å². The quantitative estimate of drug-likeness (QED) is 0.699. The van der Waals surface area contributed by atoms with Gasteiger partial charge in [-0.15, -0.1) is 0 Å². The van der Waals surface area contributed by atoms with Gasteiger partial charge in [0.05, 0.1) is 6.61 Å². The highest BCUT2D eigenvalue weighted by molar-refractivity contribution is 7.99. The van der Waals surface area contributed by atoms with E-state index < -0.39 is 0 Å². The summed E-state index contributed by atoms with van der Waals surface area (Å²) in [4.78, 5) is 0. The highest BCUT2D eigenvalue weighted by atomic mass is 32.2. The Morgan fingerprint density at radius 3 is 2.42 bits per heavy atom. The fraction of sp³-hybridized carbons (Fsp3) is 1.00. The Labute approximate surface area is 78.9 Å². The SMILES string of the molecule is NCC1CCC(SCCO)CC1. The Morgan fingerprint density at radius 2 is 1.92 bits per heavy atom. The van der Waals surface area contributed by atoms with Crippen molar-refractivity contribution in [1.29, 1.82) is 0 Å². The van der Waals surface area contributed by atoms with Crippen LogP contribution in [0.25, 0.3) is 0 Å². The maximum absolute atomic E-state index is 8.65. The molecule has 0 bridgehead atoms. The normalized spacial score (nSPS) is 30.5. The van der Waals surface area contributed by atoms with Crippen LogP contribution in [0.1, 0.15) is 25.7 Å². The van der Waals surface area contributed by atoms with Crippen LogP contribution < -0.4 is 5.73 Å². The van der Waals surface area contributed by atoms with Crippen LogP contribution in [-0.4, -0.2) is 29.3 Å². The van der Waals surface area contributed by atoms with E-state index in [4.69, 9.17) is 10.8 Å². The Bertz CT molecular complexity index is 113. The average Bonchev–Trinajstić information content (AvgIpc) is 2.15. The molecule has 1 aliphatic rings. The predicted octanol–water partition coefficient (Wildman–Crippen LogP) is 1.23. The molecule has 1 fully saturated rings. The summed E-state index contributed by atoms with van der Waals surface area (Å²) in [6, 6.07) is 0. The summed E-state index contributed by atoms with van der Waals surface area (Å²) in [5.41, 5.74) is 5.60. The maximum Gasteiger partial charge on any atom is 0.0521 e. The molecular formula is C9H19NOS. The lowest BCUT2D eigenvalue weighted by molar-refractivity contribution is 0.321. The van der Waals surface area contributed by atoms with Crippen molar-refractivity contribution in [3.05, 3.63) is 0 Å². The Morgan fingerprint density at radius 1 is 1.25 bits per heavy atom. The third-order valence-corrected chi connectivity index (χ3v) is 3.93. The minimum atomic E-state index is 0.321. The number of hydrogen-bond acceptors (Lipinski definition) is 3. The summed E-state index contributed by atoms with van der Waals surface area (Å²) < 4.78 is 0. The van der Waals surface area contributed by atoms with Gasteiger partial charge in [0, 0.05) is 11.0 Å². The van der Waals surface area contributed by atoms with Crippen molar-refractivity contribution in [2.24, 2.45) is 11.7 Å². The largest absolute Gasteiger partial charge is 0.396 e. The van der Waals surface area contributed by atoms with Crippen LogP contribution >= 0.6 is 11.8 Å². The van der Waals surface area contributed by atoms with E-state index in [0.29, 0.717) is 6.61 Å². The molecule has 72 valence electrons. The number of nitrogens with two attached hydrogens (primary N) is 1. The first-order valence-corrected chi connectivity index (χ1v) is 5.84.